The number of benzene rings is 1. The summed E-state index contributed by atoms with van der Waals surface area (Å²) in [5.74, 6) is 0.845. The first-order valence-corrected chi connectivity index (χ1v) is 8.00. The number of carbonyl (C=O) groups is 1. The first kappa shape index (κ1) is 15.1. The smallest absolute Gasteiger partial charge is 0.265 e. The third kappa shape index (κ3) is 3.41. The molecule has 5 heteroatoms. The minimum atomic E-state index is 0.0122. The molecule has 3 nitrogen and oxygen atoms in total. The Bertz CT molecular complexity index is 597. The number of amides is 1. The Morgan fingerprint density at radius 2 is 2.10 bits per heavy atom. The average Bonchev–Trinajstić information content (AvgIpc) is 2.86. The Labute approximate surface area is 131 Å². The maximum Gasteiger partial charge on any atom is 0.265 e. The molecule has 0 unspecified atom stereocenters. The highest BCUT2D eigenvalue weighted by Crippen LogP contribution is 2.25. The van der Waals surface area contributed by atoms with Gasteiger partial charge in [-0.15, -0.1) is 11.3 Å². The highest BCUT2D eigenvalue weighted by molar-refractivity contribution is 9.10. The van der Waals surface area contributed by atoms with Crippen molar-refractivity contribution in [3.8, 4) is 5.75 Å². The molecule has 2 aromatic rings. The van der Waals surface area contributed by atoms with E-state index < -0.39 is 0 Å². The molecule has 20 heavy (non-hydrogen) atoms. The van der Waals surface area contributed by atoms with Gasteiger partial charge in [-0.05, 0) is 40.4 Å². The van der Waals surface area contributed by atoms with Crippen LogP contribution in [-0.2, 0) is 6.54 Å². The van der Waals surface area contributed by atoms with Crippen LogP contribution >= 0.6 is 27.3 Å². The topological polar surface area (TPSA) is 29.5 Å². The van der Waals surface area contributed by atoms with E-state index in [1.54, 1.807) is 11.9 Å². The summed E-state index contributed by atoms with van der Waals surface area (Å²) in [6.45, 7) is 3.10. The van der Waals surface area contributed by atoms with Crippen molar-refractivity contribution in [3.05, 3.63) is 50.6 Å². The highest BCUT2D eigenvalue weighted by atomic mass is 79.9. The van der Waals surface area contributed by atoms with Crippen molar-refractivity contribution in [1.82, 2.24) is 4.90 Å². The molecule has 1 aromatic carbocycles. The van der Waals surface area contributed by atoms with E-state index in [4.69, 9.17) is 4.74 Å². The van der Waals surface area contributed by atoms with Gasteiger partial charge < -0.3 is 9.64 Å². The lowest BCUT2D eigenvalue weighted by Crippen LogP contribution is -2.26. The van der Waals surface area contributed by atoms with Crippen LogP contribution in [0.5, 0.6) is 5.75 Å². The summed E-state index contributed by atoms with van der Waals surface area (Å²) in [5.41, 5.74) is 1.01. The molecule has 0 aliphatic rings. The zero-order valence-corrected chi connectivity index (χ0v) is 13.8. The van der Waals surface area contributed by atoms with Crippen molar-refractivity contribution in [2.45, 2.75) is 13.5 Å². The first-order chi connectivity index (χ1) is 9.63. The number of hydrogen-bond acceptors (Lipinski definition) is 3. The summed E-state index contributed by atoms with van der Waals surface area (Å²) >= 11 is 4.84. The highest BCUT2D eigenvalue weighted by Gasteiger charge is 2.17. The van der Waals surface area contributed by atoms with E-state index in [0.717, 1.165) is 20.7 Å². The fourth-order valence-electron chi connectivity index (χ4n) is 1.88. The number of halogens is 1. The van der Waals surface area contributed by atoms with Crippen LogP contribution in [0.25, 0.3) is 0 Å². The predicted octanol–water partition coefficient (Wildman–Crippen LogP) is 4.18. The van der Waals surface area contributed by atoms with Gasteiger partial charge in [0.1, 0.15) is 10.6 Å². The lowest BCUT2D eigenvalue weighted by Gasteiger charge is -2.18. The van der Waals surface area contributed by atoms with Gasteiger partial charge in [-0.1, -0.05) is 18.2 Å². The molecule has 0 atom stereocenters. The molecule has 0 aliphatic carbocycles. The van der Waals surface area contributed by atoms with Gasteiger partial charge in [-0.2, -0.15) is 0 Å². The normalized spacial score (nSPS) is 10.3. The average molecular weight is 354 g/mol. The summed E-state index contributed by atoms with van der Waals surface area (Å²) < 4.78 is 6.43. The molecular weight excluding hydrogens is 338 g/mol. The van der Waals surface area contributed by atoms with Crippen LogP contribution in [0.4, 0.5) is 0 Å². The molecule has 1 heterocycles. The van der Waals surface area contributed by atoms with Crippen LogP contribution in [0.3, 0.4) is 0 Å². The van der Waals surface area contributed by atoms with Crippen molar-refractivity contribution >= 4 is 33.2 Å². The van der Waals surface area contributed by atoms with Gasteiger partial charge in [0.2, 0.25) is 0 Å². The maximum atomic E-state index is 12.4. The Morgan fingerprint density at radius 1 is 1.35 bits per heavy atom. The minimum absolute atomic E-state index is 0.0122. The zero-order chi connectivity index (χ0) is 14.5. The molecule has 0 saturated heterocycles. The summed E-state index contributed by atoms with van der Waals surface area (Å²) in [6, 6.07) is 9.69. The van der Waals surface area contributed by atoms with Crippen LogP contribution in [0.1, 0.15) is 22.2 Å². The van der Waals surface area contributed by atoms with Crippen molar-refractivity contribution in [3.63, 3.8) is 0 Å². The fourth-order valence-corrected chi connectivity index (χ4v) is 3.41. The maximum absolute atomic E-state index is 12.4. The van der Waals surface area contributed by atoms with Crippen molar-refractivity contribution < 1.29 is 9.53 Å². The van der Waals surface area contributed by atoms with Gasteiger partial charge in [0, 0.05) is 23.6 Å². The predicted molar refractivity (Wildman–Crippen MR) is 85.4 cm³/mol. The molecule has 0 saturated carbocycles. The lowest BCUT2D eigenvalue weighted by molar-refractivity contribution is 0.0788. The molecule has 0 aliphatic heterocycles. The van der Waals surface area contributed by atoms with Crippen LogP contribution in [0, 0.1) is 0 Å². The van der Waals surface area contributed by atoms with E-state index in [0.29, 0.717) is 13.2 Å². The second kappa shape index (κ2) is 6.90. The molecule has 106 valence electrons. The van der Waals surface area contributed by atoms with E-state index in [1.165, 1.54) is 11.3 Å². The van der Waals surface area contributed by atoms with E-state index in [2.05, 4.69) is 15.9 Å². The van der Waals surface area contributed by atoms with Gasteiger partial charge in [-0.3, -0.25) is 4.79 Å². The number of carbonyl (C=O) groups excluding carboxylic acids is 1. The molecule has 0 N–H and O–H groups in total. The monoisotopic (exact) mass is 353 g/mol. The van der Waals surface area contributed by atoms with E-state index in [-0.39, 0.29) is 5.91 Å². The second-order valence-electron chi connectivity index (χ2n) is 4.30. The van der Waals surface area contributed by atoms with Crippen molar-refractivity contribution in [1.29, 1.82) is 0 Å². The molecule has 1 amide bonds. The fraction of sp³-hybridized carbons (Fsp3) is 0.267. The summed E-state index contributed by atoms with van der Waals surface area (Å²) in [7, 11) is 1.80. The first-order valence-electron chi connectivity index (χ1n) is 6.32. The largest absolute Gasteiger partial charge is 0.494 e. The number of ether oxygens (including phenoxy) is 1. The summed E-state index contributed by atoms with van der Waals surface area (Å²) in [4.78, 5) is 14.8. The van der Waals surface area contributed by atoms with Crippen LogP contribution in [0.15, 0.2) is 40.2 Å². The lowest BCUT2D eigenvalue weighted by atomic mass is 10.2. The Hall–Kier alpha value is -1.33. The Kier molecular flexibility index (Phi) is 5.20. The number of para-hydroxylation sites is 1. The third-order valence-electron chi connectivity index (χ3n) is 2.84. The number of hydrogen-bond donors (Lipinski definition) is 0. The van der Waals surface area contributed by atoms with E-state index >= 15 is 0 Å². The summed E-state index contributed by atoms with van der Waals surface area (Å²) in [6.07, 6.45) is 0. The van der Waals surface area contributed by atoms with Crippen LogP contribution < -0.4 is 4.74 Å². The molecule has 2 rings (SSSR count). The third-order valence-corrected chi connectivity index (χ3v) is 4.66. The van der Waals surface area contributed by atoms with Gasteiger partial charge in [-0.25, -0.2) is 0 Å². The SMILES string of the molecule is CCOc1ccccc1CN(C)C(=O)c1sccc1Br. The molecular formula is C15H16BrNO2S. The molecule has 0 fully saturated rings. The molecule has 0 spiro atoms. The number of thiophene rings is 1. The Morgan fingerprint density at radius 3 is 2.75 bits per heavy atom. The Balaban J connectivity index is 2.14. The molecule has 0 bridgehead atoms. The number of nitrogens with zero attached hydrogens (tertiary/aromatic N) is 1. The number of rotatable bonds is 5. The minimum Gasteiger partial charge on any atom is -0.494 e. The standard InChI is InChI=1S/C15H16BrNO2S/c1-3-19-13-7-5-4-6-11(13)10-17(2)15(18)14-12(16)8-9-20-14/h4-9H,3,10H2,1-2H3. The summed E-state index contributed by atoms with van der Waals surface area (Å²) in [5, 5.41) is 1.90. The van der Waals surface area contributed by atoms with Gasteiger partial charge in [0.05, 0.1) is 6.61 Å². The zero-order valence-electron chi connectivity index (χ0n) is 11.4. The molecule has 1 aromatic heterocycles. The van der Waals surface area contributed by atoms with E-state index in [1.807, 2.05) is 42.6 Å². The van der Waals surface area contributed by atoms with Crippen LogP contribution in [-0.4, -0.2) is 24.5 Å². The van der Waals surface area contributed by atoms with Gasteiger partial charge >= 0.3 is 0 Å². The van der Waals surface area contributed by atoms with Crippen molar-refractivity contribution in [2.75, 3.05) is 13.7 Å². The van der Waals surface area contributed by atoms with Crippen molar-refractivity contribution in [2.24, 2.45) is 0 Å². The van der Waals surface area contributed by atoms with Gasteiger partial charge in [0.25, 0.3) is 5.91 Å². The second-order valence-corrected chi connectivity index (χ2v) is 6.07. The quantitative estimate of drug-likeness (QED) is 0.806. The van der Waals surface area contributed by atoms with Crippen LogP contribution in [0.2, 0.25) is 0 Å². The van der Waals surface area contributed by atoms with E-state index in [9.17, 15) is 4.79 Å². The van der Waals surface area contributed by atoms with Gasteiger partial charge in [0.15, 0.2) is 0 Å². The molecule has 0 radical (unpaired) electrons.